The van der Waals surface area contributed by atoms with Gasteiger partial charge in [-0.2, -0.15) is 0 Å². The van der Waals surface area contributed by atoms with E-state index < -0.39 is 18.1 Å². The summed E-state index contributed by atoms with van der Waals surface area (Å²) in [5.41, 5.74) is 0. The average molecular weight is 653 g/mol. The maximum absolute atomic E-state index is 12.6. The van der Waals surface area contributed by atoms with E-state index in [-0.39, 0.29) is 36.2 Å². The van der Waals surface area contributed by atoms with Crippen LogP contribution in [0.4, 0.5) is 0 Å². The zero-order valence-corrected chi connectivity index (χ0v) is 30.3. The minimum Gasteiger partial charge on any atom is -0.477 e. The highest BCUT2D eigenvalue weighted by Gasteiger charge is 2.31. The fourth-order valence-corrected chi connectivity index (χ4v) is 5.20. The van der Waals surface area contributed by atoms with E-state index in [4.69, 9.17) is 14.2 Å². The van der Waals surface area contributed by atoms with Crippen LogP contribution in [0.5, 0.6) is 0 Å². The van der Waals surface area contributed by atoms with Crippen LogP contribution in [-0.4, -0.2) is 80.6 Å². The second kappa shape index (κ2) is 30.2. The van der Waals surface area contributed by atoms with E-state index in [0.717, 1.165) is 51.4 Å². The molecule has 0 amide bonds. The van der Waals surface area contributed by atoms with Gasteiger partial charge < -0.3 is 23.8 Å². The Balaban J connectivity index is 4.42. The molecule has 0 aliphatic carbocycles. The number of carbonyl (C=O) groups is 3. The summed E-state index contributed by atoms with van der Waals surface area (Å²) in [6.07, 6.45) is 29.4. The van der Waals surface area contributed by atoms with E-state index in [1.54, 1.807) is 0 Å². The molecule has 46 heavy (non-hydrogen) atoms. The van der Waals surface area contributed by atoms with Crippen LogP contribution < -0.4 is 0 Å². The monoisotopic (exact) mass is 653 g/mol. The Morgan fingerprint density at radius 3 is 1.67 bits per heavy atom. The van der Waals surface area contributed by atoms with Crippen molar-refractivity contribution in [3.63, 3.8) is 0 Å². The number of esters is 2. The van der Waals surface area contributed by atoms with Crippen molar-refractivity contribution in [1.29, 1.82) is 0 Å². The number of quaternary nitrogens is 1. The predicted molar refractivity (Wildman–Crippen MR) is 188 cm³/mol. The van der Waals surface area contributed by atoms with Gasteiger partial charge in [-0.25, -0.2) is 4.79 Å². The number of nitrogens with zero attached hydrogens (tertiary/aromatic N) is 1. The van der Waals surface area contributed by atoms with Gasteiger partial charge in [0, 0.05) is 19.3 Å². The molecule has 0 radical (unpaired) electrons. The predicted octanol–water partition coefficient (Wildman–Crippen LogP) is 8.96. The lowest BCUT2D eigenvalue weighted by atomic mass is 10.1. The van der Waals surface area contributed by atoms with Gasteiger partial charge >= 0.3 is 17.9 Å². The molecular weight excluding hydrogens is 582 g/mol. The van der Waals surface area contributed by atoms with E-state index in [1.807, 2.05) is 21.1 Å². The molecule has 0 rings (SSSR count). The smallest absolute Gasteiger partial charge is 0.362 e. The van der Waals surface area contributed by atoms with Gasteiger partial charge in [0.05, 0.1) is 34.4 Å². The quantitative estimate of drug-likeness (QED) is 0.0335. The molecular formula is C38H70NO7+. The van der Waals surface area contributed by atoms with Crippen LogP contribution >= 0.6 is 0 Å². The van der Waals surface area contributed by atoms with Gasteiger partial charge in [-0.15, -0.1) is 0 Å². The lowest BCUT2D eigenvalue weighted by molar-refractivity contribution is -0.887. The van der Waals surface area contributed by atoms with Crippen molar-refractivity contribution in [3.05, 3.63) is 24.3 Å². The summed E-state index contributed by atoms with van der Waals surface area (Å²) in [5.74, 6) is -1.49. The Labute approximate surface area is 281 Å². The molecule has 0 aromatic rings. The second-order valence-corrected chi connectivity index (χ2v) is 13.5. The molecule has 2 unspecified atom stereocenters. The zero-order chi connectivity index (χ0) is 34.3. The second-order valence-electron chi connectivity index (χ2n) is 13.5. The van der Waals surface area contributed by atoms with Crippen molar-refractivity contribution in [2.24, 2.45) is 0 Å². The summed E-state index contributed by atoms with van der Waals surface area (Å²) in [6, 6.07) is -0.612. The largest absolute Gasteiger partial charge is 0.477 e. The Kier molecular flexibility index (Phi) is 28.7. The van der Waals surface area contributed by atoms with Crippen molar-refractivity contribution in [1.82, 2.24) is 0 Å². The maximum atomic E-state index is 12.6. The number of unbranched alkanes of at least 4 members (excludes halogenated alkanes) is 15. The lowest BCUT2D eigenvalue weighted by Crippen LogP contribution is -2.50. The third-order valence-corrected chi connectivity index (χ3v) is 8.13. The fraction of sp³-hybridized carbons (Fsp3) is 0.816. The number of hydrogen-bond acceptors (Lipinski definition) is 6. The van der Waals surface area contributed by atoms with E-state index in [2.05, 4.69) is 38.2 Å². The van der Waals surface area contributed by atoms with Gasteiger partial charge in [-0.05, 0) is 38.5 Å². The van der Waals surface area contributed by atoms with Crippen LogP contribution in [0.3, 0.4) is 0 Å². The molecule has 0 spiro atoms. The molecule has 8 heteroatoms. The number of allylic oxidation sites excluding steroid dienone is 4. The highest BCUT2D eigenvalue weighted by Crippen LogP contribution is 2.13. The first-order chi connectivity index (χ1) is 22.1. The van der Waals surface area contributed by atoms with Gasteiger partial charge in [-0.1, -0.05) is 115 Å². The van der Waals surface area contributed by atoms with E-state index in [1.165, 1.54) is 64.2 Å². The van der Waals surface area contributed by atoms with Crippen LogP contribution in [0, 0.1) is 0 Å². The minimum absolute atomic E-state index is 0.0537. The normalized spacial score (nSPS) is 13.3. The Morgan fingerprint density at radius 2 is 1.13 bits per heavy atom. The number of aliphatic carboxylic acids is 1. The highest BCUT2D eigenvalue weighted by atomic mass is 16.6. The number of carboxylic acid groups (broad SMARTS) is 1. The van der Waals surface area contributed by atoms with Crippen molar-refractivity contribution >= 4 is 17.9 Å². The summed E-state index contributed by atoms with van der Waals surface area (Å²) in [7, 11) is 5.50. The van der Waals surface area contributed by atoms with Crippen LogP contribution in [0.15, 0.2) is 24.3 Å². The molecule has 2 atom stereocenters. The molecule has 268 valence electrons. The Morgan fingerprint density at radius 1 is 0.652 bits per heavy atom. The number of likely N-dealkylation sites (N-methyl/N-ethyl adjacent to an activating group) is 1. The van der Waals surface area contributed by atoms with Crippen molar-refractivity contribution in [2.45, 2.75) is 161 Å². The third-order valence-electron chi connectivity index (χ3n) is 8.13. The van der Waals surface area contributed by atoms with E-state index in [0.29, 0.717) is 19.3 Å². The molecule has 0 aromatic heterocycles. The maximum Gasteiger partial charge on any atom is 0.362 e. The van der Waals surface area contributed by atoms with Crippen molar-refractivity contribution < 1.29 is 38.2 Å². The first-order valence-corrected chi connectivity index (χ1v) is 18.4. The minimum atomic E-state index is -0.879. The van der Waals surface area contributed by atoms with Gasteiger partial charge in [0.2, 0.25) is 0 Å². The van der Waals surface area contributed by atoms with Crippen molar-refractivity contribution in [2.75, 3.05) is 41.0 Å². The van der Waals surface area contributed by atoms with Crippen LogP contribution in [-0.2, 0) is 28.6 Å². The number of carbonyl (C=O) groups excluding carboxylic acids is 2. The lowest BCUT2D eigenvalue weighted by Gasteiger charge is -2.31. The molecule has 0 saturated carbocycles. The van der Waals surface area contributed by atoms with Crippen LogP contribution in [0.1, 0.15) is 149 Å². The molecule has 0 fully saturated rings. The topological polar surface area (TPSA) is 99.1 Å². The summed E-state index contributed by atoms with van der Waals surface area (Å²) < 4.78 is 17.1. The Bertz CT molecular complexity index is 818. The molecule has 0 aliphatic rings. The summed E-state index contributed by atoms with van der Waals surface area (Å²) in [4.78, 5) is 36.6. The summed E-state index contributed by atoms with van der Waals surface area (Å²) >= 11 is 0. The highest BCUT2D eigenvalue weighted by molar-refractivity contribution is 5.72. The molecule has 0 heterocycles. The standard InChI is InChI=1S/C38H69NO7/c1-6-8-10-12-14-15-16-17-18-19-20-21-23-25-27-29-37(41)46-34(32-44-31-30-35(38(42)43)39(3,4)5)33-45-36(40)28-26-24-22-13-11-9-7-2/h14-17,34-35H,6-13,18-33H2,1-5H3/p+1/b15-14+,17-16+. The summed E-state index contributed by atoms with van der Waals surface area (Å²) in [5, 5.41) is 9.55. The number of ether oxygens (including phenoxy) is 3. The zero-order valence-electron chi connectivity index (χ0n) is 30.3. The SMILES string of the molecule is CCCCC/C=C/C=C/CCCCCCCCC(=O)OC(COCCC(C(=O)O)[N+](C)(C)C)COC(=O)CCCCCCCCC. The van der Waals surface area contributed by atoms with Gasteiger partial charge in [-0.3, -0.25) is 9.59 Å². The van der Waals surface area contributed by atoms with E-state index >= 15 is 0 Å². The first-order valence-electron chi connectivity index (χ1n) is 18.4. The number of carboxylic acids is 1. The first kappa shape index (κ1) is 43.8. The average Bonchev–Trinajstić information content (AvgIpc) is 3.00. The van der Waals surface area contributed by atoms with Crippen LogP contribution in [0.25, 0.3) is 0 Å². The van der Waals surface area contributed by atoms with Gasteiger partial charge in [0.1, 0.15) is 6.61 Å². The van der Waals surface area contributed by atoms with Crippen molar-refractivity contribution in [3.8, 4) is 0 Å². The fourth-order valence-electron chi connectivity index (χ4n) is 5.20. The molecule has 8 nitrogen and oxygen atoms in total. The van der Waals surface area contributed by atoms with Gasteiger partial charge in [0.15, 0.2) is 12.1 Å². The van der Waals surface area contributed by atoms with Gasteiger partial charge in [0.25, 0.3) is 0 Å². The number of rotatable bonds is 32. The summed E-state index contributed by atoms with van der Waals surface area (Å²) in [6.45, 7) is 4.63. The van der Waals surface area contributed by atoms with Crippen LogP contribution in [0.2, 0.25) is 0 Å². The Hall–Kier alpha value is -2.19. The third kappa shape index (κ3) is 28.1. The molecule has 0 saturated heterocycles. The molecule has 1 N–H and O–H groups in total. The number of hydrogen-bond donors (Lipinski definition) is 1. The van der Waals surface area contributed by atoms with E-state index in [9.17, 15) is 19.5 Å². The molecule has 0 bridgehead atoms. The molecule has 0 aliphatic heterocycles. The molecule has 0 aromatic carbocycles.